The lowest BCUT2D eigenvalue weighted by atomic mass is 10.1. The van der Waals surface area contributed by atoms with Crippen molar-refractivity contribution in [1.82, 2.24) is 5.32 Å². The highest BCUT2D eigenvalue weighted by atomic mass is 16.6. The maximum atomic E-state index is 11.9. The molecule has 0 aliphatic carbocycles. The lowest BCUT2D eigenvalue weighted by Crippen LogP contribution is -2.48. The van der Waals surface area contributed by atoms with Crippen molar-refractivity contribution in [3.8, 4) is 5.75 Å². The molecule has 1 aromatic rings. The van der Waals surface area contributed by atoms with E-state index in [2.05, 4.69) is 10.1 Å². The Balaban J connectivity index is 2.46. The number of rotatable bonds is 13. The largest absolute Gasteiger partial charge is 0.491 e. The summed E-state index contributed by atoms with van der Waals surface area (Å²) in [7, 11) is 1.35. The zero-order valence-electron chi connectivity index (χ0n) is 17.0. The number of aryl methyl sites for hydroxylation is 1. The van der Waals surface area contributed by atoms with Crippen molar-refractivity contribution in [2.24, 2.45) is 0 Å². The maximum absolute atomic E-state index is 11.9. The van der Waals surface area contributed by atoms with Gasteiger partial charge in [-0.05, 0) is 38.0 Å². The highest BCUT2D eigenvalue weighted by Gasteiger charge is 2.29. The smallest absolute Gasteiger partial charge is 0.334 e. The van der Waals surface area contributed by atoms with Crippen LogP contribution in [0.25, 0.3) is 0 Å². The van der Waals surface area contributed by atoms with Gasteiger partial charge in [-0.25, -0.2) is 9.59 Å². The molecule has 2 N–H and O–H groups in total. The summed E-state index contributed by atoms with van der Waals surface area (Å²) in [5, 5.41) is 12.7. The van der Waals surface area contributed by atoms with Gasteiger partial charge in [-0.3, -0.25) is 10.1 Å². The molecule has 9 heteroatoms. The monoisotopic (exact) mass is 411 g/mol. The van der Waals surface area contributed by atoms with Crippen molar-refractivity contribution in [3.05, 3.63) is 29.8 Å². The third-order valence-corrected chi connectivity index (χ3v) is 3.81. The van der Waals surface area contributed by atoms with E-state index in [1.54, 1.807) is 26.0 Å². The first-order valence-electron chi connectivity index (χ1n) is 9.44. The average Bonchev–Trinajstić information content (AvgIpc) is 2.71. The molecular formula is C20H29NO8. The number of aliphatic hydroxyl groups is 1. The number of carbonyl (C=O) groups excluding carboxylic acids is 3. The molecule has 0 fully saturated rings. The molecule has 9 nitrogen and oxygen atoms in total. The van der Waals surface area contributed by atoms with Crippen molar-refractivity contribution < 1.29 is 38.4 Å². The molecule has 1 atom stereocenters. The maximum Gasteiger partial charge on any atom is 0.334 e. The summed E-state index contributed by atoms with van der Waals surface area (Å²) in [4.78, 5) is 34.9. The minimum Gasteiger partial charge on any atom is -0.491 e. The Hall–Kier alpha value is -2.65. The van der Waals surface area contributed by atoms with Crippen LogP contribution in [0.3, 0.4) is 0 Å². The van der Waals surface area contributed by atoms with Crippen LogP contribution in [0.2, 0.25) is 0 Å². The van der Waals surface area contributed by atoms with Gasteiger partial charge in [0.25, 0.3) is 0 Å². The van der Waals surface area contributed by atoms with E-state index in [1.807, 2.05) is 12.1 Å². The Morgan fingerprint density at radius 2 is 1.62 bits per heavy atom. The molecule has 1 unspecified atom stereocenters. The Morgan fingerprint density at radius 1 is 1.03 bits per heavy atom. The van der Waals surface area contributed by atoms with Gasteiger partial charge in [0.2, 0.25) is 6.04 Å². The van der Waals surface area contributed by atoms with Crippen LogP contribution in [0.4, 0.5) is 0 Å². The lowest BCUT2D eigenvalue weighted by Gasteiger charge is -2.18. The Morgan fingerprint density at radius 3 is 2.14 bits per heavy atom. The Labute approximate surface area is 170 Å². The molecule has 0 aliphatic heterocycles. The Kier molecular flexibility index (Phi) is 11.4. The van der Waals surface area contributed by atoms with Crippen LogP contribution in [-0.4, -0.2) is 68.6 Å². The number of nitrogens with one attached hydrogen (secondary N) is 1. The molecule has 0 heterocycles. The van der Waals surface area contributed by atoms with Gasteiger partial charge in [-0.1, -0.05) is 12.1 Å². The molecule has 0 bridgehead atoms. The summed E-state index contributed by atoms with van der Waals surface area (Å²) >= 11 is 0. The summed E-state index contributed by atoms with van der Waals surface area (Å²) in [5.74, 6) is -1.26. The minimum atomic E-state index is -1.31. The van der Waals surface area contributed by atoms with Crippen LogP contribution in [0.1, 0.15) is 25.8 Å². The van der Waals surface area contributed by atoms with Crippen molar-refractivity contribution in [1.29, 1.82) is 0 Å². The molecule has 0 saturated carbocycles. The summed E-state index contributed by atoms with van der Waals surface area (Å²) < 4.78 is 19.8. The van der Waals surface area contributed by atoms with Gasteiger partial charge in [0.15, 0.2) is 0 Å². The van der Waals surface area contributed by atoms with Crippen molar-refractivity contribution in [2.75, 3.05) is 33.5 Å². The van der Waals surface area contributed by atoms with Gasteiger partial charge in [0.1, 0.15) is 18.5 Å². The van der Waals surface area contributed by atoms with Crippen LogP contribution in [0.15, 0.2) is 24.3 Å². The van der Waals surface area contributed by atoms with Crippen LogP contribution in [0, 0.1) is 0 Å². The van der Waals surface area contributed by atoms with Gasteiger partial charge in [0, 0.05) is 13.0 Å². The first kappa shape index (κ1) is 24.4. The normalized spacial score (nSPS) is 11.6. The van der Waals surface area contributed by atoms with E-state index < -0.39 is 24.1 Å². The van der Waals surface area contributed by atoms with Gasteiger partial charge in [0.05, 0.1) is 20.3 Å². The molecule has 0 spiro atoms. The summed E-state index contributed by atoms with van der Waals surface area (Å²) in [6.45, 7) is 3.38. The number of hydrogen-bond acceptors (Lipinski definition) is 9. The van der Waals surface area contributed by atoms with Crippen LogP contribution in [0.5, 0.6) is 5.75 Å². The van der Waals surface area contributed by atoms with E-state index in [-0.39, 0.29) is 32.3 Å². The third-order valence-electron chi connectivity index (χ3n) is 3.81. The zero-order chi connectivity index (χ0) is 21.6. The van der Waals surface area contributed by atoms with E-state index in [0.717, 1.165) is 5.56 Å². The molecule has 0 aliphatic rings. The fourth-order valence-corrected chi connectivity index (χ4v) is 2.32. The molecule has 1 aromatic carbocycles. The summed E-state index contributed by atoms with van der Waals surface area (Å²) in [6.07, 6.45) is -0.119. The second kappa shape index (κ2) is 13.5. The highest BCUT2D eigenvalue weighted by molar-refractivity contribution is 5.99. The van der Waals surface area contributed by atoms with Gasteiger partial charge in [-0.2, -0.15) is 0 Å². The SMILES string of the molecule is CCOC(=O)C(NCC(O)COc1ccc(CCC(=O)OC)cc1)C(=O)OCC. The number of hydrogen-bond donors (Lipinski definition) is 2. The van der Waals surface area contributed by atoms with Crippen LogP contribution in [-0.2, 0) is 35.0 Å². The fraction of sp³-hybridized carbons (Fsp3) is 0.550. The van der Waals surface area contributed by atoms with E-state index in [1.165, 1.54) is 7.11 Å². The number of ether oxygens (including phenoxy) is 4. The number of esters is 3. The third kappa shape index (κ3) is 9.40. The first-order chi connectivity index (χ1) is 13.9. The molecule has 0 radical (unpaired) electrons. The fourth-order valence-electron chi connectivity index (χ4n) is 2.32. The topological polar surface area (TPSA) is 120 Å². The van der Waals surface area contributed by atoms with Gasteiger partial charge in [-0.15, -0.1) is 0 Å². The summed E-state index contributed by atoms with van der Waals surface area (Å²) in [6, 6.07) is 5.79. The second-order valence-electron chi connectivity index (χ2n) is 6.03. The predicted octanol–water partition coefficient (Wildman–Crippen LogP) is 0.616. The van der Waals surface area contributed by atoms with E-state index in [0.29, 0.717) is 18.6 Å². The molecule has 0 saturated heterocycles. The number of methoxy groups -OCH3 is 1. The quantitative estimate of drug-likeness (QED) is 0.273. The van der Waals surface area contributed by atoms with E-state index in [9.17, 15) is 19.5 Å². The van der Waals surface area contributed by atoms with Crippen LogP contribution < -0.4 is 10.1 Å². The molecule has 29 heavy (non-hydrogen) atoms. The molecule has 162 valence electrons. The predicted molar refractivity (Wildman–Crippen MR) is 103 cm³/mol. The highest BCUT2D eigenvalue weighted by Crippen LogP contribution is 2.14. The second-order valence-corrected chi connectivity index (χ2v) is 6.03. The van der Waals surface area contributed by atoms with Crippen LogP contribution >= 0.6 is 0 Å². The standard InChI is InChI=1S/C20H29NO8/c1-4-27-19(24)18(20(25)28-5-2)21-12-15(22)13-29-16-9-6-14(7-10-16)8-11-17(23)26-3/h6-7,9-10,15,18,21-22H,4-5,8,11-13H2,1-3H3. The summed E-state index contributed by atoms with van der Waals surface area (Å²) in [5.41, 5.74) is 0.955. The average molecular weight is 411 g/mol. The van der Waals surface area contributed by atoms with Crippen molar-refractivity contribution >= 4 is 17.9 Å². The minimum absolute atomic E-state index is 0.0487. The number of aliphatic hydroxyl groups excluding tert-OH is 1. The molecule has 0 aromatic heterocycles. The van der Waals surface area contributed by atoms with E-state index in [4.69, 9.17) is 14.2 Å². The van der Waals surface area contributed by atoms with Crippen molar-refractivity contribution in [3.63, 3.8) is 0 Å². The number of carbonyl (C=O) groups is 3. The molecule has 1 rings (SSSR count). The lowest BCUT2D eigenvalue weighted by molar-refractivity contribution is -0.158. The first-order valence-corrected chi connectivity index (χ1v) is 9.44. The Bertz CT molecular complexity index is 628. The van der Waals surface area contributed by atoms with Crippen molar-refractivity contribution in [2.45, 2.75) is 38.8 Å². The van der Waals surface area contributed by atoms with E-state index >= 15 is 0 Å². The van der Waals surface area contributed by atoms with Gasteiger partial charge >= 0.3 is 17.9 Å². The van der Waals surface area contributed by atoms with Gasteiger partial charge < -0.3 is 24.1 Å². The zero-order valence-corrected chi connectivity index (χ0v) is 17.0. The molecule has 0 amide bonds. The molecular weight excluding hydrogens is 382 g/mol. The number of benzene rings is 1.